The summed E-state index contributed by atoms with van der Waals surface area (Å²) in [6.45, 7) is 6.06. The molecular weight excluding hydrogens is 288 g/mol. The fourth-order valence-electron chi connectivity index (χ4n) is 3.67. The van der Waals surface area contributed by atoms with Crippen LogP contribution in [0.5, 0.6) is 0 Å². The lowest BCUT2D eigenvalue weighted by molar-refractivity contribution is -0.145. The second-order valence-corrected chi connectivity index (χ2v) is 9.74. The van der Waals surface area contributed by atoms with Crippen LogP contribution in [0, 0.1) is 11.3 Å². The van der Waals surface area contributed by atoms with Gasteiger partial charge in [0.1, 0.15) is 0 Å². The third-order valence-electron chi connectivity index (χ3n) is 5.27. The molecule has 0 aromatic rings. The second-order valence-electron chi connectivity index (χ2n) is 7.26. The van der Waals surface area contributed by atoms with Crippen LogP contribution in [-0.4, -0.2) is 55.0 Å². The largest absolute Gasteiger partial charge is 0.342 e. The molecule has 2 heterocycles. The van der Waals surface area contributed by atoms with Gasteiger partial charge in [-0.05, 0) is 51.9 Å². The fraction of sp³-hybridized carbons (Fsp3) is 0.933. The molecule has 1 atom stereocenters. The van der Waals surface area contributed by atoms with E-state index in [1.807, 2.05) is 4.90 Å². The first-order valence-corrected chi connectivity index (χ1v) is 9.64. The van der Waals surface area contributed by atoms with E-state index in [1.54, 1.807) is 18.2 Å². The number of sulfonamides is 1. The van der Waals surface area contributed by atoms with Gasteiger partial charge in [0.15, 0.2) is 0 Å². The highest BCUT2D eigenvalue weighted by Crippen LogP contribution is 2.42. The normalized spacial score (nSPS) is 31.6. The van der Waals surface area contributed by atoms with Gasteiger partial charge in [-0.15, -0.1) is 0 Å². The Hall–Kier alpha value is -0.620. The average molecular weight is 314 g/mol. The average Bonchev–Trinajstić information content (AvgIpc) is 3.13. The van der Waals surface area contributed by atoms with Crippen LogP contribution in [-0.2, 0) is 14.8 Å². The summed E-state index contributed by atoms with van der Waals surface area (Å²) in [5, 5.41) is -0.408. The Kier molecular flexibility index (Phi) is 3.81. The van der Waals surface area contributed by atoms with Gasteiger partial charge in [0.2, 0.25) is 15.9 Å². The maximum absolute atomic E-state index is 12.9. The first-order chi connectivity index (χ1) is 9.85. The number of nitrogens with zero attached hydrogens (tertiary/aromatic N) is 2. The van der Waals surface area contributed by atoms with Crippen LogP contribution in [0.4, 0.5) is 0 Å². The maximum atomic E-state index is 12.9. The molecule has 6 heteroatoms. The van der Waals surface area contributed by atoms with Crippen LogP contribution in [0.15, 0.2) is 0 Å². The third kappa shape index (κ3) is 2.72. The van der Waals surface area contributed by atoms with Crippen molar-refractivity contribution in [3.63, 3.8) is 0 Å². The lowest BCUT2D eigenvalue weighted by Gasteiger charge is -2.39. The van der Waals surface area contributed by atoms with Crippen molar-refractivity contribution in [1.82, 2.24) is 9.21 Å². The summed E-state index contributed by atoms with van der Waals surface area (Å²) in [5.74, 6) is 0.906. The van der Waals surface area contributed by atoms with Gasteiger partial charge < -0.3 is 4.90 Å². The Morgan fingerprint density at radius 3 is 2.57 bits per heavy atom. The Labute approximate surface area is 127 Å². The number of amides is 1. The van der Waals surface area contributed by atoms with E-state index < -0.39 is 20.7 Å². The van der Waals surface area contributed by atoms with Crippen molar-refractivity contribution in [3.8, 4) is 0 Å². The molecule has 0 aromatic carbocycles. The molecule has 1 amide bonds. The topological polar surface area (TPSA) is 57.7 Å². The molecule has 3 aliphatic rings. The van der Waals surface area contributed by atoms with Gasteiger partial charge in [0, 0.05) is 26.2 Å². The molecule has 0 unspecified atom stereocenters. The SMILES string of the molecule is CC(C)S(=O)(=O)N1CC[C@]2(CCCN(CC3CC3)C2=O)C1. The van der Waals surface area contributed by atoms with E-state index in [0.29, 0.717) is 25.4 Å². The third-order valence-corrected chi connectivity index (χ3v) is 7.50. The summed E-state index contributed by atoms with van der Waals surface area (Å²) in [5.41, 5.74) is -0.435. The summed E-state index contributed by atoms with van der Waals surface area (Å²) in [4.78, 5) is 14.9. The van der Waals surface area contributed by atoms with Crippen LogP contribution in [0.3, 0.4) is 0 Å². The molecule has 0 aromatic heterocycles. The van der Waals surface area contributed by atoms with Gasteiger partial charge in [-0.25, -0.2) is 12.7 Å². The van der Waals surface area contributed by atoms with Gasteiger partial charge in [0.05, 0.1) is 10.7 Å². The number of piperidine rings is 1. The molecule has 1 aliphatic carbocycles. The summed E-state index contributed by atoms with van der Waals surface area (Å²) in [6, 6.07) is 0. The van der Waals surface area contributed by atoms with E-state index in [9.17, 15) is 13.2 Å². The molecule has 1 spiro atoms. The Bertz CT molecular complexity index is 527. The summed E-state index contributed by atoms with van der Waals surface area (Å²) in [6.07, 6.45) is 5.03. The van der Waals surface area contributed by atoms with E-state index >= 15 is 0 Å². The van der Waals surface area contributed by atoms with Crippen molar-refractivity contribution >= 4 is 15.9 Å². The smallest absolute Gasteiger partial charge is 0.230 e. The molecule has 3 rings (SSSR count). The van der Waals surface area contributed by atoms with Gasteiger partial charge in [-0.3, -0.25) is 4.79 Å². The highest BCUT2D eigenvalue weighted by molar-refractivity contribution is 7.89. The second kappa shape index (κ2) is 5.23. The molecular formula is C15H26N2O3S. The van der Waals surface area contributed by atoms with Crippen LogP contribution in [0.1, 0.15) is 46.0 Å². The summed E-state index contributed by atoms with van der Waals surface area (Å²) >= 11 is 0. The fourth-order valence-corrected chi connectivity index (χ4v) is 5.04. The number of rotatable bonds is 4. The minimum Gasteiger partial charge on any atom is -0.342 e. The molecule has 0 radical (unpaired) electrons. The lowest BCUT2D eigenvalue weighted by atomic mass is 9.78. The van der Waals surface area contributed by atoms with Crippen molar-refractivity contribution in [2.45, 2.75) is 51.2 Å². The van der Waals surface area contributed by atoms with Crippen LogP contribution >= 0.6 is 0 Å². The highest BCUT2D eigenvalue weighted by Gasteiger charge is 2.51. The first-order valence-electron chi connectivity index (χ1n) is 8.13. The molecule has 2 saturated heterocycles. The summed E-state index contributed by atoms with van der Waals surface area (Å²) < 4.78 is 26.2. The van der Waals surface area contributed by atoms with Crippen molar-refractivity contribution in [2.24, 2.45) is 11.3 Å². The number of hydrogen-bond donors (Lipinski definition) is 0. The van der Waals surface area contributed by atoms with E-state index in [0.717, 1.165) is 25.9 Å². The van der Waals surface area contributed by atoms with Gasteiger partial charge in [0.25, 0.3) is 0 Å². The van der Waals surface area contributed by atoms with E-state index in [4.69, 9.17) is 0 Å². The molecule has 2 aliphatic heterocycles. The van der Waals surface area contributed by atoms with Crippen molar-refractivity contribution in [2.75, 3.05) is 26.2 Å². The predicted molar refractivity (Wildman–Crippen MR) is 81.2 cm³/mol. The van der Waals surface area contributed by atoms with Crippen molar-refractivity contribution in [1.29, 1.82) is 0 Å². The zero-order chi connectivity index (χ0) is 15.3. The first kappa shape index (κ1) is 15.3. The Morgan fingerprint density at radius 2 is 1.95 bits per heavy atom. The van der Waals surface area contributed by atoms with Gasteiger partial charge in [-0.2, -0.15) is 0 Å². The standard InChI is InChI=1S/C15H26N2O3S/c1-12(2)21(19,20)17-9-7-15(11-17)6-3-8-16(14(15)18)10-13-4-5-13/h12-13H,3-11H2,1-2H3/t15-/m1/s1. The number of carbonyl (C=O) groups is 1. The summed E-state index contributed by atoms with van der Waals surface area (Å²) in [7, 11) is -3.24. The molecule has 1 saturated carbocycles. The zero-order valence-corrected chi connectivity index (χ0v) is 13.9. The van der Waals surface area contributed by atoms with Gasteiger partial charge in [-0.1, -0.05) is 0 Å². The quantitative estimate of drug-likeness (QED) is 0.789. The minimum atomic E-state index is -3.24. The number of hydrogen-bond acceptors (Lipinski definition) is 3. The van der Waals surface area contributed by atoms with E-state index in [-0.39, 0.29) is 5.91 Å². The van der Waals surface area contributed by atoms with Gasteiger partial charge >= 0.3 is 0 Å². The van der Waals surface area contributed by atoms with Crippen LogP contribution < -0.4 is 0 Å². The molecule has 5 nitrogen and oxygen atoms in total. The number of carbonyl (C=O) groups excluding carboxylic acids is 1. The monoisotopic (exact) mass is 314 g/mol. The molecule has 3 fully saturated rings. The zero-order valence-electron chi connectivity index (χ0n) is 13.0. The lowest BCUT2D eigenvalue weighted by Crippen LogP contribution is -2.51. The van der Waals surface area contributed by atoms with Crippen LogP contribution in [0.2, 0.25) is 0 Å². The Balaban J connectivity index is 1.74. The predicted octanol–water partition coefficient (Wildman–Crippen LogP) is 1.45. The van der Waals surface area contributed by atoms with E-state index in [2.05, 4.69) is 0 Å². The van der Waals surface area contributed by atoms with Crippen LogP contribution in [0.25, 0.3) is 0 Å². The Morgan fingerprint density at radius 1 is 1.24 bits per heavy atom. The molecule has 0 bridgehead atoms. The number of likely N-dealkylation sites (tertiary alicyclic amines) is 1. The highest BCUT2D eigenvalue weighted by atomic mass is 32.2. The minimum absolute atomic E-state index is 0.210. The van der Waals surface area contributed by atoms with Crippen molar-refractivity contribution in [3.05, 3.63) is 0 Å². The maximum Gasteiger partial charge on any atom is 0.230 e. The van der Waals surface area contributed by atoms with Crippen molar-refractivity contribution < 1.29 is 13.2 Å². The molecule has 0 N–H and O–H groups in total. The van der Waals surface area contributed by atoms with E-state index in [1.165, 1.54) is 12.8 Å². The molecule has 21 heavy (non-hydrogen) atoms. The molecule has 120 valence electrons.